The summed E-state index contributed by atoms with van der Waals surface area (Å²) >= 11 is 20.6. The predicted molar refractivity (Wildman–Crippen MR) is 167 cm³/mol. The Morgan fingerprint density at radius 2 is 1.26 bits per heavy atom. The molecule has 0 aliphatic heterocycles. The van der Waals surface area contributed by atoms with Gasteiger partial charge in [-0.25, -0.2) is 15.0 Å². The molecule has 13 heteroatoms. The second-order valence-corrected chi connectivity index (χ2v) is 10.4. The van der Waals surface area contributed by atoms with Crippen LogP contribution in [0, 0.1) is 0 Å². The van der Waals surface area contributed by atoms with Crippen molar-refractivity contribution in [1.29, 1.82) is 0 Å². The van der Waals surface area contributed by atoms with E-state index in [2.05, 4.69) is 41.3 Å². The van der Waals surface area contributed by atoms with Gasteiger partial charge in [0.05, 0.1) is 16.7 Å². The monoisotopic (exact) mass is 616 g/mol. The Bertz CT molecular complexity index is 1690. The molecule has 0 bridgehead atoms. The van der Waals surface area contributed by atoms with E-state index in [9.17, 15) is 0 Å². The predicted octanol–water partition coefficient (Wildman–Crippen LogP) is 8.33. The number of nitrogens with one attached hydrogen (secondary N) is 3. The smallest absolute Gasteiger partial charge is 0.225 e. The van der Waals surface area contributed by atoms with Gasteiger partial charge in [0.2, 0.25) is 10.6 Å². The van der Waals surface area contributed by atoms with Gasteiger partial charge in [-0.05, 0) is 72.1 Å². The fourth-order valence-corrected chi connectivity index (χ4v) is 5.13. The molecule has 200 valence electrons. The number of para-hydroxylation sites is 2. The molecule has 0 aliphatic rings. The third-order valence-corrected chi connectivity index (χ3v) is 7.43. The molecule has 6 rings (SSSR count). The average molecular weight is 618 g/mol. The minimum atomic E-state index is 0.169. The van der Waals surface area contributed by atoms with Gasteiger partial charge >= 0.3 is 0 Å². The zero-order chi connectivity index (χ0) is 27.8. The van der Waals surface area contributed by atoms with E-state index in [1.54, 1.807) is 35.8 Å². The fraction of sp³-hybridized carbons (Fsp3) is 0.0769. The Labute approximate surface area is 248 Å². The van der Waals surface area contributed by atoms with Gasteiger partial charge in [0, 0.05) is 27.9 Å². The molecular weight excluding hydrogens is 595 g/mol. The molecule has 0 unspecified atom stereocenters. The fourth-order valence-electron chi connectivity index (χ4n) is 3.43. The van der Waals surface area contributed by atoms with Crippen molar-refractivity contribution in [2.45, 2.75) is 9.79 Å². The van der Waals surface area contributed by atoms with Crippen LogP contribution >= 0.6 is 58.3 Å². The van der Waals surface area contributed by atoms with Gasteiger partial charge in [-0.15, -0.1) is 23.5 Å². The highest BCUT2D eigenvalue weighted by Gasteiger charge is 2.09. The van der Waals surface area contributed by atoms with E-state index < -0.39 is 0 Å². The first kappa shape index (κ1) is 28.8. The molecule has 0 saturated heterocycles. The molecule has 0 fully saturated rings. The molecule has 8 nitrogen and oxygen atoms in total. The number of nitrogen functional groups attached to an aromatic ring is 1. The lowest BCUT2D eigenvalue weighted by atomic mass is 10.3. The molecule has 0 saturated carbocycles. The van der Waals surface area contributed by atoms with Gasteiger partial charge in [0.25, 0.3) is 0 Å². The van der Waals surface area contributed by atoms with Crippen molar-refractivity contribution >= 4 is 97.6 Å². The third kappa shape index (κ3) is 7.49. The average Bonchev–Trinajstić information content (AvgIpc) is 3.60. The number of nitrogens with zero attached hydrogens (tertiary/aromatic N) is 4. The number of aromatic nitrogens is 6. The molecule has 0 atom stereocenters. The second kappa shape index (κ2) is 13.8. The van der Waals surface area contributed by atoms with Crippen molar-refractivity contribution in [3.63, 3.8) is 0 Å². The largest absolute Gasteiger partial charge is 0.398 e. The first-order valence-corrected chi connectivity index (χ1v) is 14.9. The van der Waals surface area contributed by atoms with E-state index in [-0.39, 0.29) is 10.6 Å². The lowest BCUT2D eigenvalue weighted by Gasteiger charge is -2.10. The lowest BCUT2D eigenvalue weighted by molar-refractivity contribution is 1.21. The van der Waals surface area contributed by atoms with Crippen LogP contribution in [-0.2, 0) is 0 Å². The molecular formula is C26H23Cl3N8S2. The van der Waals surface area contributed by atoms with Crippen molar-refractivity contribution in [2.24, 2.45) is 0 Å². The van der Waals surface area contributed by atoms with Gasteiger partial charge in [0.15, 0.2) is 11.0 Å². The highest BCUT2D eigenvalue weighted by atomic mass is 35.5. The number of nitrogens with two attached hydrogens (primary N) is 1. The first-order chi connectivity index (χ1) is 18.9. The maximum absolute atomic E-state index is 5.94. The van der Waals surface area contributed by atoms with Crippen LogP contribution in [0.15, 0.2) is 82.8 Å². The van der Waals surface area contributed by atoms with Gasteiger partial charge in [-0.1, -0.05) is 35.9 Å². The summed E-state index contributed by atoms with van der Waals surface area (Å²) in [7, 11) is 0. The first-order valence-electron chi connectivity index (χ1n) is 11.3. The Morgan fingerprint density at radius 3 is 1.90 bits per heavy atom. The maximum Gasteiger partial charge on any atom is 0.225 e. The van der Waals surface area contributed by atoms with Crippen LogP contribution in [0.5, 0.6) is 0 Å². The minimum absolute atomic E-state index is 0.169. The summed E-state index contributed by atoms with van der Waals surface area (Å²) in [5.74, 6) is 0.682. The Morgan fingerprint density at radius 1 is 0.692 bits per heavy atom. The Balaban J connectivity index is 0.000000149. The Kier molecular flexibility index (Phi) is 10.2. The van der Waals surface area contributed by atoms with Crippen LogP contribution in [0.1, 0.15) is 0 Å². The van der Waals surface area contributed by atoms with E-state index in [0.717, 1.165) is 43.2 Å². The molecule has 0 radical (unpaired) electrons. The number of H-pyrrole nitrogens is 2. The molecule has 6 aromatic rings. The van der Waals surface area contributed by atoms with Gasteiger partial charge in [-0.2, -0.15) is 4.98 Å². The van der Waals surface area contributed by atoms with E-state index >= 15 is 0 Å². The molecule has 0 spiro atoms. The number of halogens is 3. The third-order valence-electron chi connectivity index (χ3n) is 5.21. The quantitative estimate of drug-likeness (QED) is 0.0674. The van der Waals surface area contributed by atoms with Crippen LogP contribution in [-0.4, -0.2) is 42.4 Å². The number of anilines is 3. The van der Waals surface area contributed by atoms with Crippen LogP contribution in [0.3, 0.4) is 0 Å². The van der Waals surface area contributed by atoms with E-state index in [1.807, 2.05) is 67.2 Å². The number of benzene rings is 2. The highest BCUT2D eigenvalue weighted by Crippen LogP contribution is 2.30. The van der Waals surface area contributed by atoms with Crippen LogP contribution in [0.25, 0.3) is 22.1 Å². The van der Waals surface area contributed by atoms with Gasteiger partial charge < -0.3 is 21.0 Å². The van der Waals surface area contributed by atoms with Crippen molar-refractivity contribution in [2.75, 3.05) is 23.6 Å². The lowest BCUT2D eigenvalue weighted by Crippen LogP contribution is -1.97. The maximum atomic E-state index is 5.94. The van der Waals surface area contributed by atoms with Crippen molar-refractivity contribution in [1.82, 2.24) is 29.9 Å². The van der Waals surface area contributed by atoms with Crippen LogP contribution < -0.4 is 11.1 Å². The zero-order valence-corrected chi connectivity index (χ0v) is 24.6. The molecule has 2 aromatic carbocycles. The van der Waals surface area contributed by atoms with E-state index in [4.69, 9.17) is 40.5 Å². The molecule has 39 heavy (non-hydrogen) atoms. The summed E-state index contributed by atoms with van der Waals surface area (Å²) in [5.41, 5.74) is 10.6. The van der Waals surface area contributed by atoms with Crippen molar-refractivity contribution in [3.8, 4) is 0 Å². The van der Waals surface area contributed by atoms with E-state index in [1.165, 1.54) is 0 Å². The number of hydrogen-bond donors (Lipinski definition) is 4. The number of thioether (sulfide) groups is 2. The topological polar surface area (TPSA) is 121 Å². The number of rotatable bonds is 4. The molecule has 0 aliphatic carbocycles. The molecule has 5 N–H and O–H groups in total. The molecule has 4 aromatic heterocycles. The molecule has 0 amide bonds. The summed E-state index contributed by atoms with van der Waals surface area (Å²) in [6.07, 6.45) is 7.62. The summed E-state index contributed by atoms with van der Waals surface area (Å²) in [6.45, 7) is 0. The van der Waals surface area contributed by atoms with Crippen LogP contribution in [0.4, 0.5) is 17.2 Å². The number of hydrogen-bond acceptors (Lipinski definition) is 8. The van der Waals surface area contributed by atoms with Gasteiger partial charge in [0.1, 0.15) is 11.0 Å². The summed E-state index contributed by atoms with van der Waals surface area (Å²) in [6, 6.07) is 19.6. The van der Waals surface area contributed by atoms with Crippen LogP contribution in [0.2, 0.25) is 15.7 Å². The number of fused-ring (bicyclic) bond motifs is 2. The normalized spacial score (nSPS) is 10.5. The Hall–Kier alpha value is -3.15. The summed E-state index contributed by atoms with van der Waals surface area (Å²) in [5, 5.41) is 4.06. The second-order valence-electron chi connectivity index (χ2n) is 7.67. The van der Waals surface area contributed by atoms with Gasteiger partial charge in [-0.3, -0.25) is 0 Å². The molecule has 4 heterocycles. The van der Waals surface area contributed by atoms with Crippen molar-refractivity contribution < 1.29 is 0 Å². The zero-order valence-electron chi connectivity index (χ0n) is 20.7. The SMILES string of the molecule is CSc1ccccc1N.CSc1ccccc1Nc1nc(Cl)nc2cc[nH]c12.Clc1nc(Cl)c2[nH]ccc2n1. The van der Waals surface area contributed by atoms with E-state index in [0.29, 0.717) is 11.0 Å². The summed E-state index contributed by atoms with van der Waals surface area (Å²) < 4.78 is 0. The standard InChI is InChI=1S/C13H11ClN4S.C7H9NS.C6H3Cl2N3/c1-19-10-5-3-2-4-8(10)16-12-11-9(6-7-15-11)17-13(14)18-12;1-9-7-5-3-2-4-6(7)8;7-5-4-3(1-2-9-4)10-6(8)11-5/h2-7,15H,1H3,(H,16,17,18);2-5H,8H2,1H3;1-2,9H. The minimum Gasteiger partial charge on any atom is -0.398 e. The number of aromatic amines is 2. The highest BCUT2D eigenvalue weighted by molar-refractivity contribution is 7.99. The summed E-state index contributed by atoms with van der Waals surface area (Å²) in [4.78, 5) is 24.4. The van der Waals surface area contributed by atoms with Crippen molar-refractivity contribution in [3.05, 3.63) is 88.8 Å².